The van der Waals surface area contributed by atoms with Crippen LogP contribution in [-0.4, -0.2) is 12.5 Å². The fraction of sp³-hybridized carbons (Fsp3) is 0.188. The topological polar surface area (TPSA) is 64.3 Å². The van der Waals surface area contributed by atoms with Crippen molar-refractivity contribution in [2.24, 2.45) is 0 Å². The van der Waals surface area contributed by atoms with Crippen molar-refractivity contribution < 1.29 is 9.53 Å². The number of ether oxygens (including phenoxy) is 1. The van der Waals surface area contributed by atoms with E-state index in [1.807, 2.05) is 38.1 Å². The molecule has 5 heteroatoms. The zero-order chi connectivity index (χ0) is 15.4. The van der Waals surface area contributed by atoms with Crippen LogP contribution in [-0.2, 0) is 4.79 Å². The minimum atomic E-state index is -0.185. The maximum Gasteiger partial charge on any atom is 0.262 e. The molecule has 110 valence electrons. The highest BCUT2D eigenvalue weighted by Crippen LogP contribution is 2.21. The highest BCUT2D eigenvalue weighted by molar-refractivity contribution is 14.1. The van der Waals surface area contributed by atoms with Gasteiger partial charge in [0.2, 0.25) is 0 Å². The number of hydrogen-bond donors (Lipinski definition) is 2. The van der Waals surface area contributed by atoms with Gasteiger partial charge in [-0.25, -0.2) is 0 Å². The lowest BCUT2D eigenvalue weighted by Crippen LogP contribution is -2.20. The summed E-state index contributed by atoms with van der Waals surface area (Å²) in [6.45, 7) is 3.83. The third kappa shape index (κ3) is 4.35. The van der Waals surface area contributed by atoms with Crippen molar-refractivity contribution in [3.05, 3.63) is 51.1 Å². The number of aryl methyl sites for hydroxylation is 2. The largest absolute Gasteiger partial charge is 0.483 e. The summed E-state index contributed by atoms with van der Waals surface area (Å²) < 4.78 is 6.66. The highest BCUT2D eigenvalue weighted by Gasteiger charge is 2.07. The van der Waals surface area contributed by atoms with Crippen LogP contribution in [0.3, 0.4) is 0 Å². The molecule has 21 heavy (non-hydrogen) atoms. The van der Waals surface area contributed by atoms with Crippen LogP contribution in [0.15, 0.2) is 36.4 Å². The first-order valence-corrected chi connectivity index (χ1v) is 7.58. The van der Waals surface area contributed by atoms with E-state index in [-0.39, 0.29) is 12.5 Å². The number of hydrogen-bond acceptors (Lipinski definition) is 3. The minimum Gasteiger partial charge on any atom is -0.483 e. The molecule has 0 atom stereocenters. The minimum absolute atomic E-state index is 0.0316. The standard InChI is InChI=1S/C16H17IN2O2/c1-10-7-12(17)3-5-14(10)19-16(20)9-21-15-6-4-13(18)8-11(15)2/h3-8H,9,18H2,1-2H3,(H,19,20). The van der Waals surface area contributed by atoms with Gasteiger partial charge < -0.3 is 15.8 Å². The van der Waals surface area contributed by atoms with E-state index in [2.05, 4.69) is 27.9 Å². The molecule has 0 bridgehead atoms. The SMILES string of the molecule is Cc1cc(I)ccc1NC(=O)COc1ccc(N)cc1C. The van der Waals surface area contributed by atoms with Gasteiger partial charge in [0, 0.05) is 14.9 Å². The molecule has 2 rings (SSSR count). The van der Waals surface area contributed by atoms with E-state index in [0.717, 1.165) is 20.4 Å². The van der Waals surface area contributed by atoms with Gasteiger partial charge in [-0.05, 0) is 84.0 Å². The lowest BCUT2D eigenvalue weighted by Gasteiger charge is -2.11. The Morgan fingerprint density at radius 1 is 1.19 bits per heavy atom. The number of anilines is 2. The molecule has 0 fully saturated rings. The number of nitrogen functional groups attached to an aromatic ring is 1. The number of nitrogens with one attached hydrogen (secondary N) is 1. The van der Waals surface area contributed by atoms with Crippen LogP contribution in [0.5, 0.6) is 5.75 Å². The fourth-order valence-corrected chi connectivity index (χ4v) is 2.58. The van der Waals surface area contributed by atoms with Crippen molar-refractivity contribution in [2.75, 3.05) is 17.7 Å². The van der Waals surface area contributed by atoms with Gasteiger partial charge in [-0.3, -0.25) is 4.79 Å². The second-order valence-electron chi connectivity index (χ2n) is 4.82. The lowest BCUT2D eigenvalue weighted by molar-refractivity contribution is -0.118. The maximum atomic E-state index is 11.9. The zero-order valence-electron chi connectivity index (χ0n) is 11.9. The van der Waals surface area contributed by atoms with Crippen molar-refractivity contribution in [2.45, 2.75) is 13.8 Å². The van der Waals surface area contributed by atoms with Crippen LogP contribution in [0.25, 0.3) is 0 Å². The molecule has 0 aliphatic rings. The highest BCUT2D eigenvalue weighted by atomic mass is 127. The van der Waals surface area contributed by atoms with Crippen LogP contribution < -0.4 is 15.8 Å². The predicted octanol–water partition coefficient (Wildman–Crippen LogP) is 3.51. The molecule has 2 aromatic rings. The Morgan fingerprint density at radius 2 is 1.95 bits per heavy atom. The fourth-order valence-electron chi connectivity index (χ4n) is 1.93. The summed E-state index contributed by atoms with van der Waals surface area (Å²) >= 11 is 2.24. The molecule has 3 N–H and O–H groups in total. The normalized spacial score (nSPS) is 10.2. The molecule has 0 aliphatic heterocycles. The summed E-state index contributed by atoms with van der Waals surface area (Å²) in [5.74, 6) is 0.481. The Labute approximate surface area is 137 Å². The van der Waals surface area contributed by atoms with E-state index < -0.39 is 0 Å². The molecule has 0 aromatic heterocycles. The number of carbonyl (C=O) groups excluding carboxylic acids is 1. The Hall–Kier alpha value is -1.76. The Kier molecular flexibility index (Phi) is 5.06. The van der Waals surface area contributed by atoms with Crippen LogP contribution in [0.2, 0.25) is 0 Å². The van der Waals surface area contributed by atoms with Crippen molar-refractivity contribution in [3.8, 4) is 5.75 Å². The summed E-state index contributed by atoms with van der Waals surface area (Å²) in [4.78, 5) is 11.9. The second-order valence-corrected chi connectivity index (χ2v) is 6.07. The van der Waals surface area contributed by atoms with Gasteiger partial charge in [-0.1, -0.05) is 0 Å². The summed E-state index contributed by atoms with van der Waals surface area (Å²) in [5, 5.41) is 2.85. The van der Waals surface area contributed by atoms with Gasteiger partial charge in [0.1, 0.15) is 5.75 Å². The quantitative estimate of drug-likeness (QED) is 0.614. The first-order chi connectivity index (χ1) is 9.95. The molecule has 0 saturated carbocycles. The van der Waals surface area contributed by atoms with Gasteiger partial charge in [-0.15, -0.1) is 0 Å². The first kappa shape index (κ1) is 15.6. The molecule has 2 aromatic carbocycles. The number of rotatable bonds is 4. The Bertz CT molecular complexity index is 671. The van der Waals surface area contributed by atoms with Crippen LogP contribution in [0.1, 0.15) is 11.1 Å². The van der Waals surface area contributed by atoms with E-state index in [4.69, 9.17) is 10.5 Å². The number of amides is 1. The van der Waals surface area contributed by atoms with Gasteiger partial charge in [-0.2, -0.15) is 0 Å². The number of halogens is 1. The van der Waals surface area contributed by atoms with E-state index in [1.54, 1.807) is 12.1 Å². The van der Waals surface area contributed by atoms with E-state index in [0.29, 0.717) is 11.4 Å². The molecule has 0 saturated heterocycles. The van der Waals surface area contributed by atoms with Gasteiger partial charge in [0.25, 0.3) is 5.91 Å². The van der Waals surface area contributed by atoms with Crippen LogP contribution >= 0.6 is 22.6 Å². The lowest BCUT2D eigenvalue weighted by atomic mass is 10.2. The maximum absolute atomic E-state index is 11.9. The van der Waals surface area contributed by atoms with Crippen molar-refractivity contribution in [1.29, 1.82) is 0 Å². The summed E-state index contributed by atoms with van der Waals surface area (Å²) in [6.07, 6.45) is 0. The number of carbonyl (C=O) groups is 1. The van der Waals surface area contributed by atoms with E-state index in [1.165, 1.54) is 0 Å². The molecule has 0 spiro atoms. The molecule has 0 aliphatic carbocycles. The van der Waals surface area contributed by atoms with Gasteiger partial charge >= 0.3 is 0 Å². The van der Waals surface area contributed by atoms with Crippen LogP contribution in [0, 0.1) is 17.4 Å². The summed E-state index contributed by atoms with van der Waals surface area (Å²) in [7, 11) is 0. The van der Waals surface area contributed by atoms with Gasteiger partial charge in [0.15, 0.2) is 6.61 Å². The molecule has 0 heterocycles. The smallest absolute Gasteiger partial charge is 0.262 e. The van der Waals surface area contributed by atoms with Gasteiger partial charge in [0.05, 0.1) is 0 Å². The molecule has 0 radical (unpaired) electrons. The zero-order valence-corrected chi connectivity index (χ0v) is 14.1. The number of nitrogens with two attached hydrogens (primary N) is 1. The van der Waals surface area contributed by atoms with Crippen molar-refractivity contribution in [3.63, 3.8) is 0 Å². The molecule has 0 unspecified atom stereocenters. The Balaban J connectivity index is 1.96. The Morgan fingerprint density at radius 3 is 2.62 bits per heavy atom. The van der Waals surface area contributed by atoms with Crippen LogP contribution in [0.4, 0.5) is 11.4 Å². The first-order valence-electron chi connectivity index (χ1n) is 6.50. The number of benzene rings is 2. The predicted molar refractivity (Wildman–Crippen MR) is 93.6 cm³/mol. The van der Waals surface area contributed by atoms with Crippen molar-refractivity contribution in [1.82, 2.24) is 0 Å². The van der Waals surface area contributed by atoms with E-state index >= 15 is 0 Å². The third-order valence-electron chi connectivity index (χ3n) is 3.02. The molecule has 1 amide bonds. The molecular formula is C16H17IN2O2. The van der Waals surface area contributed by atoms with E-state index in [9.17, 15) is 4.79 Å². The average Bonchev–Trinajstić information content (AvgIpc) is 2.41. The van der Waals surface area contributed by atoms with Crippen molar-refractivity contribution >= 4 is 39.9 Å². The average molecular weight is 396 g/mol. The third-order valence-corrected chi connectivity index (χ3v) is 3.69. The summed E-state index contributed by atoms with van der Waals surface area (Å²) in [6, 6.07) is 11.2. The second kappa shape index (κ2) is 6.80. The monoisotopic (exact) mass is 396 g/mol. The summed E-state index contributed by atoms with van der Waals surface area (Å²) in [5.41, 5.74) is 9.10. The molecular weight excluding hydrogens is 379 g/mol. The molecule has 4 nitrogen and oxygen atoms in total.